The van der Waals surface area contributed by atoms with Crippen LogP contribution in [0.2, 0.25) is 0 Å². The van der Waals surface area contributed by atoms with E-state index in [1.54, 1.807) is 24.8 Å². The van der Waals surface area contributed by atoms with Gasteiger partial charge >= 0.3 is 0 Å². The maximum atomic E-state index is 4.73. The van der Waals surface area contributed by atoms with Gasteiger partial charge in [-0.2, -0.15) is 39.6 Å². The van der Waals surface area contributed by atoms with Crippen LogP contribution in [0.5, 0.6) is 0 Å². The number of hydrogen-bond acceptors (Lipinski definition) is 8. The SMILES string of the molecule is C=Cc1ccc(-c2nc(C)nn2-c2[c-]ccc(-n3c(C)c(C)c(C)c3C)c2)c(C)c1.CC(C)c1cccc(C(C)C)c1-n1ccnc1-c1[c-]cccc1.Cc1cc(CC(C)(C)C)cc(C)c1-n1cnnc1-c1[c-]ccnc1.Cc1nc(-c2ccccc2C)n(-c2[c-]ccc(-n3c(C)c(C)c(C)c3C)c2)n1.[Ir].[Ir].[Ir]. The van der Waals surface area contributed by atoms with Crippen molar-refractivity contribution in [3.05, 3.63) is 303 Å². The zero-order valence-electron chi connectivity index (χ0n) is 66.1. The van der Waals surface area contributed by atoms with Gasteiger partial charge in [0.2, 0.25) is 0 Å². The summed E-state index contributed by atoms with van der Waals surface area (Å²) in [5.41, 5.74) is 31.0. The predicted molar refractivity (Wildman–Crippen MR) is 429 cm³/mol. The number of rotatable bonds is 14. The first-order valence-electron chi connectivity index (χ1n) is 36.1. The molecule has 0 aliphatic carbocycles. The number of aromatic nitrogens is 14. The molecule has 563 valence electrons. The second-order valence-electron chi connectivity index (χ2n) is 29.2. The van der Waals surface area contributed by atoms with Crippen LogP contribution in [0.25, 0.3) is 85.8 Å². The second-order valence-corrected chi connectivity index (χ2v) is 29.2. The van der Waals surface area contributed by atoms with Gasteiger partial charge in [0.15, 0.2) is 11.6 Å². The summed E-state index contributed by atoms with van der Waals surface area (Å²) >= 11 is 0. The topological polar surface area (TPSA) is 133 Å². The van der Waals surface area contributed by atoms with Gasteiger partial charge in [0.05, 0.1) is 11.6 Å². The molecule has 3 radical (unpaired) electrons. The van der Waals surface area contributed by atoms with Crippen molar-refractivity contribution in [1.29, 1.82) is 0 Å². The minimum atomic E-state index is 0. The summed E-state index contributed by atoms with van der Waals surface area (Å²) in [5, 5.41) is 17.7. The van der Waals surface area contributed by atoms with E-state index in [0.29, 0.717) is 11.8 Å². The molecule has 0 bridgehead atoms. The van der Waals surface area contributed by atoms with E-state index in [0.717, 1.165) is 103 Å². The Morgan fingerprint density at radius 1 is 0.472 bits per heavy atom. The first-order chi connectivity index (χ1) is 50.1. The summed E-state index contributed by atoms with van der Waals surface area (Å²) in [6.07, 6.45) is 12.1. The number of para-hydroxylation sites is 1. The van der Waals surface area contributed by atoms with Crippen LogP contribution in [0.4, 0.5) is 0 Å². The van der Waals surface area contributed by atoms with Gasteiger partial charge in [-0.15, -0.1) is 77.4 Å². The van der Waals surface area contributed by atoms with Crippen molar-refractivity contribution < 1.29 is 60.3 Å². The van der Waals surface area contributed by atoms with Gasteiger partial charge in [0.25, 0.3) is 0 Å². The van der Waals surface area contributed by atoms with E-state index in [4.69, 9.17) is 9.97 Å². The fourth-order valence-corrected chi connectivity index (χ4v) is 14.0. The molecule has 0 saturated carbocycles. The van der Waals surface area contributed by atoms with E-state index < -0.39 is 0 Å². The zero-order chi connectivity index (χ0) is 75.3. The van der Waals surface area contributed by atoms with Crippen LogP contribution in [0.3, 0.4) is 0 Å². The standard InChI is InChI=1S/C26H27N4.C24H25N4.C21H23N2.C20H23N4.3Ir/c1-8-22-12-13-25(16(2)14-22)26-27-21(7)28-30(26)24-11-9-10-23(15-24)29-19(5)17(3)18(4)20(29)6;1-15-10-7-8-13-23(15)24-25-20(6)26-28(24)22-12-9-11-21(14-22)27-18(4)16(2)17(3)19(27)5;1-15(2)18-11-8-12-19(16(3)4)20(18)23-14-13-22-21(23)17-9-6-5-7-10-17;1-14-9-16(11-20(3,4)5)10-15(2)18(14)24-13-22-23-19(24)17-7-6-8-21-12-17;;;/h8-10,12-15H,1H2,2-7H3;7-11,13-14H,1-6H3;5-9,11-16H,1-4H3;6,8-10,12-13H,11H2,1-5H3;;;/q4*-1;;;. The third-order valence-corrected chi connectivity index (χ3v) is 19.8. The van der Waals surface area contributed by atoms with Crippen LogP contribution in [0.1, 0.15) is 161 Å². The summed E-state index contributed by atoms with van der Waals surface area (Å²) in [4.78, 5) is 18.2. The Morgan fingerprint density at radius 2 is 0.991 bits per heavy atom. The molecular formula is C91H98Ir3N14-4. The van der Waals surface area contributed by atoms with E-state index in [1.165, 1.54) is 84.1 Å². The molecule has 0 saturated heterocycles. The third kappa shape index (κ3) is 18.3. The van der Waals surface area contributed by atoms with Gasteiger partial charge in [-0.25, -0.2) is 19.3 Å². The van der Waals surface area contributed by atoms with Crippen molar-refractivity contribution in [2.75, 3.05) is 0 Å². The predicted octanol–water partition coefficient (Wildman–Crippen LogP) is 21.3. The average molecular weight is 1960 g/mol. The number of aryl methyl sites for hydroxylation is 6. The van der Waals surface area contributed by atoms with E-state index in [9.17, 15) is 0 Å². The van der Waals surface area contributed by atoms with Crippen molar-refractivity contribution in [2.45, 2.75) is 164 Å². The Bertz CT molecular complexity index is 5320. The Balaban J connectivity index is 0.000000181. The van der Waals surface area contributed by atoms with Crippen LogP contribution in [0.15, 0.2) is 177 Å². The average Bonchev–Trinajstić information content (AvgIpc) is 1.46. The summed E-state index contributed by atoms with van der Waals surface area (Å²) in [5.74, 6) is 5.77. The van der Waals surface area contributed by atoms with Crippen LogP contribution < -0.4 is 0 Å². The molecule has 14 nitrogen and oxygen atoms in total. The smallest absolute Gasteiger partial charge is 0.161 e. The number of benzene rings is 7. The number of imidazole rings is 1. The van der Waals surface area contributed by atoms with Crippen LogP contribution in [-0.2, 0) is 66.7 Å². The molecule has 14 aromatic rings. The molecule has 0 aliphatic heterocycles. The van der Waals surface area contributed by atoms with Crippen molar-refractivity contribution in [3.63, 3.8) is 0 Å². The molecule has 17 heteroatoms. The molecular weight excluding hydrogens is 1870 g/mol. The first-order valence-corrected chi connectivity index (χ1v) is 36.1. The third-order valence-electron chi connectivity index (χ3n) is 19.8. The van der Waals surface area contributed by atoms with Gasteiger partial charge in [-0.3, -0.25) is 4.98 Å². The van der Waals surface area contributed by atoms with Crippen LogP contribution >= 0.6 is 0 Å². The van der Waals surface area contributed by atoms with Gasteiger partial charge in [-0.1, -0.05) is 163 Å². The van der Waals surface area contributed by atoms with E-state index in [-0.39, 0.29) is 65.7 Å². The molecule has 0 atom stereocenters. The molecule has 0 N–H and O–H groups in total. The van der Waals surface area contributed by atoms with Crippen molar-refractivity contribution >= 4 is 6.08 Å². The van der Waals surface area contributed by atoms with Crippen LogP contribution in [-0.4, -0.2) is 68.0 Å². The largest absolute Gasteiger partial charge is 0.360 e. The molecule has 7 aromatic carbocycles. The summed E-state index contributed by atoms with van der Waals surface area (Å²) in [6, 6.07) is 61.0. The summed E-state index contributed by atoms with van der Waals surface area (Å²) in [7, 11) is 0. The van der Waals surface area contributed by atoms with Crippen molar-refractivity contribution in [3.8, 4) is 79.7 Å². The molecule has 0 spiro atoms. The molecule has 14 rings (SSSR count). The molecule has 0 aliphatic rings. The Labute approximate surface area is 680 Å². The number of pyridine rings is 1. The maximum absolute atomic E-state index is 4.73. The van der Waals surface area contributed by atoms with Gasteiger partial charge in [-0.05, 0) is 199 Å². The zero-order valence-corrected chi connectivity index (χ0v) is 73.3. The fraction of sp³-hybridized carbons (Fsp3) is 0.275. The summed E-state index contributed by atoms with van der Waals surface area (Å²) in [6.45, 7) is 49.4. The quantitative estimate of drug-likeness (QED) is 0.0983. The van der Waals surface area contributed by atoms with E-state index in [1.807, 2.05) is 82.5 Å². The summed E-state index contributed by atoms with van der Waals surface area (Å²) < 4.78 is 12.6. The van der Waals surface area contributed by atoms with E-state index in [2.05, 4.69) is 304 Å². The normalized spacial score (nSPS) is 11.0. The Kier molecular flexibility index (Phi) is 28.2. The Hall–Kier alpha value is -9.43. The molecule has 7 aromatic heterocycles. The van der Waals surface area contributed by atoms with Gasteiger partial charge < -0.3 is 23.3 Å². The van der Waals surface area contributed by atoms with Crippen molar-refractivity contribution in [1.82, 2.24) is 68.0 Å². The van der Waals surface area contributed by atoms with Crippen LogP contribution in [0, 0.1) is 127 Å². The Morgan fingerprint density at radius 3 is 1.46 bits per heavy atom. The number of nitrogens with zero attached hydrogens (tertiary/aromatic N) is 14. The molecule has 0 amide bonds. The molecule has 0 unspecified atom stereocenters. The first kappa shape index (κ1) is 84.2. The number of hydrogen-bond donors (Lipinski definition) is 0. The maximum Gasteiger partial charge on any atom is 0.161 e. The van der Waals surface area contributed by atoms with Gasteiger partial charge in [0.1, 0.15) is 18.0 Å². The minimum Gasteiger partial charge on any atom is -0.360 e. The fourth-order valence-electron chi connectivity index (χ4n) is 14.0. The monoisotopic (exact) mass is 1970 g/mol. The van der Waals surface area contributed by atoms with Crippen molar-refractivity contribution in [2.24, 2.45) is 5.41 Å². The van der Waals surface area contributed by atoms with E-state index >= 15 is 0 Å². The van der Waals surface area contributed by atoms with Gasteiger partial charge in [0, 0.05) is 118 Å². The second kappa shape index (κ2) is 36.2. The minimum absolute atomic E-state index is 0. The molecule has 108 heavy (non-hydrogen) atoms. The molecule has 7 heterocycles. The molecule has 0 fully saturated rings.